The Morgan fingerprint density at radius 1 is 0.841 bits per heavy atom. The predicted molar refractivity (Wildman–Crippen MR) is 259 cm³/mol. The molecule has 69 heavy (non-hydrogen) atoms. The lowest BCUT2D eigenvalue weighted by molar-refractivity contribution is -0.130. The maximum Gasteiger partial charge on any atom is 0.407 e. The lowest BCUT2D eigenvalue weighted by Crippen LogP contribution is -2.53. The number of alkyl carbamates (subject to hydrolysis) is 1. The second-order valence-electron chi connectivity index (χ2n) is 19.4. The van der Waals surface area contributed by atoms with Crippen LogP contribution < -0.4 is 26.0 Å². The summed E-state index contributed by atoms with van der Waals surface area (Å²) >= 11 is 0. The van der Waals surface area contributed by atoms with E-state index in [0.29, 0.717) is 41.6 Å². The molecule has 4 N–H and O–H groups in total. The van der Waals surface area contributed by atoms with Crippen molar-refractivity contribution < 1.29 is 37.8 Å². The van der Waals surface area contributed by atoms with Crippen LogP contribution in [0.15, 0.2) is 97.3 Å². The van der Waals surface area contributed by atoms with Crippen LogP contribution in [-0.4, -0.2) is 96.2 Å². The minimum atomic E-state index is -1.72. The first-order valence-corrected chi connectivity index (χ1v) is 23.2. The molecule has 0 spiro atoms. The lowest BCUT2D eigenvalue weighted by Gasteiger charge is -2.47. The third kappa shape index (κ3) is 10.8. The van der Waals surface area contributed by atoms with Crippen LogP contribution in [0.4, 0.5) is 9.18 Å². The van der Waals surface area contributed by atoms with E-state index in [2.05, 4.69) is 36.1 Å². The largest absolute Gasteiger partial charge is 0.494 e. The molecule has 2 atom stereocenters. The Morgan fingerprint density at radius 2 is 1.51 bits per heavy atom. The summed E-state index contributed by atoms with van der Waals surface area (Å²) in [5.41, 5.74) is 2.20. The molecule has 16 heteroatoms. The second-order valence-corrected chi connectivity index (χ2v) is 19.4. The summed E-state index contributed by atoms with van der Waals surface area (Å²) in [4.78, 5) is 80.0. The molecule has 5 aromatic rings. The van der Waals surface area contributed by atoms with Crippen molar-refractivity contribution in [3.8, 4) is 16.9 Å². The highest BCUT2D eigenvalue weighted by Gasteiger charge is 2.52. The average Bonchev–Trinajstić information content (AvgIpc) is 3.95. The summed E-state index contributed by atoms with van der Waals surface area (Å²) < 4.78 is 28.6. The van der Waals surface area contributed by atoms with Crippen molar-refractivity contribution in [2.24, 2.45) is 10.8 Å². The summed E-state index contributed by atoms with van der Waals surface area (Å²) in [6.45, 7) is 18.6. The molecule has 1 aliphatic heterocycles. The molecule has 4 aromatic carbocycles. The Bertz CT molecular complexity index is 2700. The molecule has 1 fully saturated rings. The Labute approximate surface area is 401 Å². The van der Waals surface area contributed by atoms with Crippen LogP contribution in [0.2, 0.25) is 0 Å². The quantitative estimate of drug-likeness (QED) is 0.0569. The maximum absolute atomic E-state index is 16.8. The molecule has 360 valence electrons. The number of hydrogen-bond acceptors (Lipinski definition) is 9. The number of amides is 5. The Balaban J connectivity index is 0.972. The van der Waals surface area contributed by atoms with Crippen molar-refractivity contribution in [2.45, 2.75) is 84.6 Å². The number of hydrogen-bond donors (Lipinski definition) is 4. The number of carbonyl (C=O) groups is 5. The first-order valence-electron chi connectivity index (χ1n) is 23.2. The molecule has 0 bridgehead atoms. The number of rotatable bonds is 16. The smallest absolute Gasteiger partial charge is 0.407 e. The van der Waals surface area contributed by atoms with E-state index in [1.54, 1.807) is 42.5 Å². The number of likely N-dealkylation sites (tertiary alicyclic amines) is 1. The van der Waals surface area contributed by atoms with Gasteiger partial charge in [-0.25, -0.2) is 25.7 Å². The normalized spacial score (nSPS) is 15.0. The monoisotopic (exact) mass is 938 g/mol. The second kappa shape index (κ2) is 20.8. The third-order valence-corrected chi connectivity index (χ3v) is 12.8. The number of aromatic nitrogens is 2. The predicted octanol–water partition coefficient (Wildman–Crippen LogP) is 7.71. The minimum Gasteiger partial charge on any atom is -0.494 e. The van der Waals surface area contributed by atoms with Gasteiger partial charge in [-0.05, 0) is 71.0 Å². The molecule has 1 saturated heterocycles. The fraction of sp³-hybridized carbons (Fsp3) is 0.396. The summed E-state index contributed by atoms with van der Waals surface area (Å²) in [6, 6.07) is 25.9. The summed E-state index contributed by atoms with van der Waals surface area (Å²) in [7, 11) is 0. The van der Waals surface area contributed by atoms with Gasteiger partial charge in [-0.2, -0.15) is 0 Å². The number of ether oxygens (including phenoxy) is 2. The minimum absolute atomic E-state index is 0.0134. The zero-order chi connectivity index (χ0) is 49.5. The van der Waals surface area contributed by atoms with Crippen LogP contribution in [0.25, 0.3) is 26.9 Å². The van der Waals surface area contributed by atoms with Crippen LogP contribution in [0.1, 0.15) is 104 Å². The number of alkyl halides is 1. The lowest BCUT2D eigenvalue weighted by atomic mass is 9.61. The van der Waals surface area contributed by atoms with Gasteiger partial charge in [-0.3, -0.25) is 28.9 Å². The van der Waals surface area contributed by atoms with Crippen molar-refractivity contribution in [2.75, 3.05) is 39.4 Å². The highest BCUT2D eigenvalue weighted by Crippen LogP contribution is 2.54. The van der Waals surface area contributed by atoms with Gasteiger partial charge in [-0.1, -0.05) is 102 Å². The number of nitrogens with one attached hydrogen (secondary N) is 4. The van der Waals surface area contributed by atoms with Gasteiger partial charge in [-0.15, -0.1) is 0 Å². The van der Waals surface area contributed by atoms with Gasteiger partial charge < -0.3 is 30.7 Å². The molecule has 1 aliphatic carbocycles. The highest BCUT2D eigenvalue weighted by molar-refractivity contribution is 6.05. The van der Waals surface area contributed by atoms with Crippen molar-refractivity contribution >= 4 is 40.6 Å². The van der Waals surface area contributed by atoms with Crippen LogP contribution in [0.5, 0.6) is 5.75 Å². The number of benzene rings is 4. The van der Waals surface area contributed by atoms with Crippen molar-refractivity contribution in [1.82, 2.24) is 36.1 Å². The topological polar surface area (TPSA) is 185 Å². The van der Waals surface area contributed by atoms with E-state index in [1.165, 1.54) is 11.2 Å². The highest BCUT2D eigenvalue weighted by atomic mass is 19.1. The molecule has 0 radical (unpaired) electrons. The van der Waals surface area contributed by atoms with Crippen molar-refractivity contribution in [3.63, 3.8) is 0 Å². The number of carbonyl (C=O) groups excluding carboxylic acids is 5. The first-order chi connectivity index (χ1) is 32.9. The van der Waals surface area contributed by atoms with Gasteiger partial charge in [0, 0.05) is 53.8 Å². The summed E-state index contributed by atoms with van der Waals surface area (Å²) in [5, 5.41) is 11.2. The van der Waals surface area contributed by atoms with E-state index in [0.717, 1.165) is 28.7 Å². The molecule has 1 unspecified atom stereocenters. The number of nitrogens with zero attached hydrogens (tertiary/aromatic N) is 4. The Hall–Kier alpha value is -7.41. The van der Waals surface area contributed by atoms with E-state index in [-0.39, 0.29) is 55.9 Å². The molecule has 1 aromatic heterocycles. The molecular weight excluding hydrogens is 880 g/mol. The van der Waals surface area contributed by atoms with Gasteiger partial charge in [0.2, 0.25) is 11.8 Å². The van der Waals surface area contributed by atoms with E-state index < -0.39 is 52.5 Å². The summed E-state index contributed by atoms with van der Waals surface area (Å²) in [5.74, 6) is -1.83. The van der Waals surface area contributed by atoms with Crippen LogP contribution in [0, 0.1) is 17.4 Å². The van der Waals surface area contributed by atoms with Crippen molar-refractivity contribution in [3.05, 3.63) is 137 Å². The summed E-state index contributed by atoms with van der Waals surface area (Å²) in [6.07, 6.45) is 1.57. The molecule has 5 amide bonds. The van der Waals surface area contributed by atoms with Crippen LogP contribution >= 0.6 is 0 Å². The zero-order valence-corrected chi connectivity index (χ0v) is 39.9. The van der Waals surface area contributed by atoms with Gasteiger partial charge in [0.05, 0.1) is 18.7 Å². The molecule has 2 aliphatic rings. The van der Waals surface area contributed by atoms with Gasteiger partial charge in [0.25, 0.3) is 11.8 Å². The van der Waals surface area contributed by atoms with Gasteiger partial charge in [0.1, 0.15) is 36.1 Å². The fourth-order valence-electron chi connectivity index (χ4n) is 9.55. The van der Waals surface area contributed by atoms with E-state index in [4.69, 9.17) is 16.0 Å². The van der Waals surface area contributed by atoms with E-state index in [1.807, 2.05) is 90.1 Å². The number of fused-ring (bicyclic) bond motifs is 4. The Kier molecular flexibility index (Phi) is 15.0. The number of halogens is 1. The average molecular weight is 939 g/mol. The zero-order valence-electron chi connectivity index (χ0n) is 39.9. The van der Waals surface area contributed by atoms with Gasteiger partial charge >= 0.3 is 12.3 Å². The fourth-order valence-corrected chi connectivity index (χ4v) is 9.55. The molecular formula is C53H59FN8O7. The third-order valence-electron chi connectivity index (χ3n) is 12.8. The van der Waals surface area contributed by atoms with Crippen molar-refractivity contribution in [1.29, 1.82) is 0 Å². The standard InChI is InChI=1S/C53H59FN8O7/c1-51(2,3)53(54,52(4,5)6)34-21-19-33(20-22-34)47(64)57-29-43(61-50(67)69-31-41-38-16-10-8-14-36(38)37-15-9-11-17-39(37)41)48(65)56-25-13-27-68-35-23-24-42-40(28-35)46(60-32-59-42)49(66)58-30-45(63)62-26-12-18-44(62)55-7/h8-11,14-17,19-24,28,32,41,43-44H,12-13,18,25-27,29-31H2,1-6H3,(H,56,65)(H,57,64)(H,58,66)(H,61,67)/t43-,44?/m1/s1. The van der Waals surface area contributed by atoms with Crippen LogP contribution in [-0.2, 0) is 20.0 Å². The maximum atomic E-state index is 16.8. The molecule has 7 rings (SSSR count). The van der Waals surface area contributed by atoms with Crippen LogP contribution in [0.3, 0.4) is 0 Å². The first kappa shape index (κ1) is 49.5. The van der Waals surface area contributed by atoms with E-state index >= 15 is 4.39 Å². The Morgan fingerprint density at radius 3 is 2.16 bits per heavy atom. The van der Waals surface area contributed by atoms with E-state index in [9.17, 15) is 24.0 Å². The van der Waals surface area contributed by atoms with Gasteiger partial charge in [0.15, 0.2) is 0 Å². The molecule has 15 nitrogen and oxygen atoms in total. The molecule has 0 saturated carbocycles. The SMILES string of the molecule is [C-]#[N+]C1CCCN1C(=O)CNC(=O)c1ncnc2ccc(OCCCNC(=O)[C@@H](CNC(=O)c3ccc(C(F)(C(C)(C)C)C(C)(C)C)cc3)NC(=O)OCC3c4ccccc4-c4ccccc43)cc12. The molecule has 2 heterocycles.